The minimum Gasteiger partial charge on any atom is -0.445 e. The van der Waals surface area contributed by atoms with Crippen molar-refractivity contribution < 1.29 is 67.1 Å². The van der Waals surface area contributed by atoms with E-state index in [0.29, 0.717) is 29.2 Å². The monoisotopic (exact) mass is 1010 g/mol. The number of hydrogen-bond acceptors (Lipinski definition) is 14. The van der Waals surface area contributed by atoms with E-state index in [2.05, 4.69) is 21.3 Å². The zero-order valence-electron chi connectivity index (χ0n) is 43.8. The molecule has 0 spiro atoms. The minimum absolute atomic E-state index is 0.0114. The number of amides is 9. The van der Waals surface area contributed by atoms with E-state index in [-0.39, 0.29) is 88.2 Å². The molecule has 1 aliphatic rings. The molecule has 6 N–H and O–H groups in total. The zero-order chi connectivity index (χ0) is 54.4. The van der Waals surface area contributed by atoms with Crippen molar-refractivity contribution in [3.63, 3.8) is 0 Å². The predicted molar refractivity (Wildman–Crippen MR) is 264 cm³/mol. The lowest BCUT2D eigenvalue weighted by atomic mass is 9.89. The molecule has 0 bridgehead atoms. The summed E-state index contributed by atoms with van der Waals surface area (Å²) in [5.74, 6) is -6.53. The van der Waals surface area contributed by atoms with Gasteiger partial charge in [0, 0.05) is 77.9 Å². The standard InChI is InChI=1S/C50H78N8O14/c1-12-32(8)45(37(70-11)24-26-59)56(9)48(67)43(30(4)5)55-47(66)44(31(6)7)57(10)50(69)71-28-33-18-20-35(21-19-33)53-46(65)34(15-14-25-52-49(51)68)27-36(60)42(29(2)3)54-38(61)16-13-17-41(64)72-58-39(62)22-23-40(58)63/h18-21,26,29-32,34,37,42-45H,12-17,22-25,27-28H2,1-11H3,(H,53,65)(H,54,61)(H,55,66)(H3,51,52,68)/t32-,34+,37+,42-,43-,44-,45-/m0/s1. The largest absolute Gasteiger partial charge is 0.445 e. The van der Waals surface area contributed by atoms with Crippen molar-refractivity contribution in [3.05, 3.63) is 29.8 Å². The van der Waals surface area contributed by atoms with Crippen LogP contribution in [-0.4, -0.2) is 138 Å². The van der Waals surface area contributed by atoms with Gasteiger partial charge in [-0.1, -0.05) is 73.9 Å². The molecule has 1 aromatic carbocycles. The number of hydroxylamine groups is 2. The Kier molecular flexibility index (Phi) is 26.1. The van der Waals surface area contributed by atoms with Crippen LogP contribution in [-0.2, 0) is 64.1 Å². The first-order valence-corrected chi connectivity index (χ1v) is 24.6. The second kappa shape index (κ2) is 30.4. The van der Waals surface area contributed by atoms with Gasteiger partial charge in [-0.25, -0.2) is 14.4 Å². The van der Waals surface area contributed by atoms with Gasteiger partial charge in [-0.05, 0) is 60.6 Å². The third kappa shape index (κ3) is 19.3. The predicted octanol–water partition coefficient (Wildman–Crippen LogP) is 3.78. The van der Waals surface area contributed by atoms with Gasteiger partial charge in [-0.2, -0.15) is 0 Å². The van der Waals surface area contributed by atoms with E-state index >= 15 is 0 Å². The number of benzene rings is 1. The quantitative estimate of drug-likeness (QED) is 0.0402. The molecule has 0 aromatic heterocycles. The van der Waals surface area contributed by atoms with Gasteiger partial charge in [-0.15, -0.1) is 5.06 Å². The number of urea groups is 1. The highest BCUT2D eigenvalue weighted by Gasteiger charge is 2.39. The molecule has 1 heterocycles. The van der Waals surface area contributed by atoms with Crippen LogP contribution in [0.1, 0.15) is 125 Å². The molecule has 402 valence electrons. The number of imide groups is 1. The Hall–Kier alpha value is -6.45. The summed E-state index contributed by atoms with van der Waals surface area (Å²) >= 11 is 0. The Labute approximate surface area is 422 Å². The van der Waals surface area contributed by atoms with Gasteiger partial charge in [0.15, 0.2) is 5.78 Å². The summed E-state index contributed by atoms with van der Waals surface area (Å²) in [5.41, 5.74) is 6.11. The maximum Gasteiger partial charge on any atom is 0.410 e. The van der Waals surface area contributed by atoms with E-state index < -0.39 is 95.5 Å². The van der Waals surface area contributed by atoms with Gasteiger partial charge < -0.3 is 51.0 Å². The fraction of sp³-hybridized carbons (Fsp3) is 0.660. The van der Waals surface area contributed by atoms with Crippen LogP contribution >= 0.6 is 0 Å². The molecule has 9 amide bonds. The molecular weight excluding hydrogens is 937 g/mol. The number of methoxy groups -OCH3 is 1. The SMILES string of the molecule is CC[C@H](C)[C@@H]([C@@H](CC=O)OC)N(C)C(=O)[C@@H](NC(=O)[C@H](C(C)C)N(C)C(=O)OCc1ccc(NC(=O)[C@H](CCCNC(N)=O)CC(=O)[C@@H](NC(=O)CCCC(=O)ON2C(=O)CCC2=O)C(C)C)cc1)C(C)C. The number of nitrogens with two attached hydrogens (primary N) is 1. The summed E-state index contributed by atoms with van der Waals surface area (Å²) in [6, 6.07) is 2.23. The Balaban J connectivity index is 2.11. The van der Waals surface area contributed by atoms with Crippen LogP contribution < -0.4 is 27.0 Å². The van der Waals surface area contributed by atoms with Crippen molar-refractivity contribution in [3.8, 4) is 0 Å². The van der Waals surface area contributed by atoms with Gasteiger partial charge in [-0.3, -0.25) is 38.5 Å². The number of rotatable bonds is 31. The van der Waals surface area contributed by atoms with Crippen molar-refractivity contribution >= 4 is 71.3 Å². The van der Waals surface area contributed by atoms with Gasteiger partial charge in [0.25, 0.3) is 11.8 Å². The van der Waals surface area contributed by atoms with Crippen molar-refractivity contribution in [2.45, 2.75) is 156 Å². The first-order chi connectivity index (χ1) is 33.9. The van der Waals surface area contributed by atoms with Crippen LogP contribution in [0.2, 0.25) is 0 Å². The van der Waals surface area contributed by atoms with E-state index in [4.69, 9.17) is 20.0 Å². The molecule has 0 aliphatic carbocycles. The van der Waals surface area contributed by atoms with Crippen LogP contribution in [0.5, 0.6) is 0 Å². The fourth-order valence-corrected chi connectivity index (χ4v) is 8.36. The van der Waals surface area contributed by atoms with Gasteiger partial charge in [0.2, 0.25) is 23.6 Å². The summed E-state index contributed by atoms with van der Waals surface area (Å²) in [6.45, 7) is 14.5. The van der Waals surface area contributed by atoms with Crippen molar-refractivity contribution in [1.82, 2.24) is 30.8 Å². The number of anilines is 1. The average Bonchev–Trinajstić information content (AvgIpc) is 3.63. The fourth-order valence-electron chi connectivity index (χ4n) is 8.36. The molecule has 2 rings (SSSR count). The van der Waals surface area contributed by atoms with Crippen molar-refractivity contribution in [2.75, 3.05) is 33.1 Å². The number of likely N-dealkylation sites (N-methyl/N-ethyl adjacent to an activating group) is 2. The minimum atomic E-state index is -1.02. The summed E-state index contributed by atoms with van der Waals surface area (Å²) in [4.78, 5) is 148. The maximum absolute atomic E-state index is 14.0. The smallest absolute Gasteiger partial charge is 0.410 e. The first kappa shape index (κ1) is 61.7. The Morgan fingerprint density at radius 1 is 0.806 bits per heavy atom. The second-order valence-corrected chi connectivity index (χ2v) is 19.3. The lowest BCUT2D eigenvalue weighted by Crippen LogP contribution is -2.60. The number of ether oxygens (including phenoxy) is 2. The molecule has 1 fully saturated rings. The van der Waals surface area contributed by atoms with Crippen molar-refractivity contribution in [1.29, 1.82) is 0 Å². The number of aldehydes is 1. The molecule has 1 saturated heterocycles. The molecule has 1 aliphatic heterocycles. The Bertz CT molecular complexity index is 2030. The first-order valence-electron chi connectivity index (χ1n) is 24.6. The number of carbonyl (C=O) groups is 11. The topological polar surface area (TPSA) is 299 Å². The lowest BCUT2D eigenvalue weighted by Gasteiger charge is -2.40. The van der Waals surface area contributed by atoms with E-state index in [0.717, 1.165) is 6.29 Å². The number of carbonyl (C=O) groups excluding carboxylic acids is 11. The number of ketones is 1. The molecule has 0 saturated carbocycles. The normalized spacial score (nSPS) is 15.4. The summed E-state index contributed by atoms with van der Waals surface area (Å²) < 4.78 is 11.2. The molecule has 7 atom stereocenters. The third-order valence-electron chi connectivity index (χ3n) is 12.6. The van der Waals surface area contributed by atoms with Crippen LogP contribution in [0.25, 0.3) is 0 Å². The number of nitrogens with one attached hydrogen (secondary N) is 4. The number of Topliss-reactive ketones (excluding diaryl/α,β-unsaturated/α-hetero) is 1. The average molecular weight is 1020 g/mol. The maximum atomic E-state index is 14.0. The van der Waals surface area contributed by atoms with Crippen molar-refractivity contribution in [2.24, 2.45) is 35.3 Å². The Morgan fingerprint density at radius 3 is 1.94 bits per heavy atom. The summed E-state index contributed by atoms with van der Waals surface area (Å²) in [7, 11) is 4.56. The molecule has 22 heteroatoms. The van der Waals surface area contributed by atoms with E-state index in [1.165, 1.54) is 19.1 Å². The lowest BCUT2D eigenvalue weighted by molar-refractivity contribution is -0.197. The van der Waals surface area contributed by atoms with Crippen LogP contribution in [0.15, 0.2) is 24.3 Å². The van der Waals surface area contributed by atoms with Crippen LogP contribution in [0.3, 0.4) is 0 Å². The molecule has 1 aromatic rings. The van der Waals surface area contributed by atoms with Gasteiger partial charge in [0.1, 0.15) is 25.0 Å². The number of nitrogens with zero attached hydrogens (tertiary/aromatic N) is 3. The van der Waals surface area contributed by atoms with Crippen LogP contribution in [0, 0.1) is 29.6 Å². The Morgan fingerprint density at radius 2 is 1.42 bits per heavy atom. The third-order valence-corrected chi connectivity index (χ3v) is 12.6. The highest BCUT2D eigenvalue weighted by molar-refractivity contribution is 6.01. The van der Waals surface area contributed by atoms with E-state index in [1.807, 2.05) is 13.8 Å². The van der Waals surface area contributed by atoms with E-state index in [1.54, 1.807) is 77.8 Å². The molecule has 22 nitrogen and oxygen atoms in total. The van der Waals surface area contributed by atoms with Gasteiger partial charge in [0.05, 0.1) is 18.2 Å². The second-order valence-electron chi connectivity index (χ2n) is 19.3. The van der Waals surface area contributed by atoms with E-state index in [9.17, 15) is 52.7 Å². The molecule has 0 radical (unpaired) electrons. The highest BCUT2D eigenvalue weighted by Crippen LogP contribution is 2.24. The number of hydrogen-bond donors (Lipinski definition) is 5. The summed E-state index contributed by atoms with van der Waals surface area (Å²) in [6.07, 6.45) is -0.140. The zero-order valence-corrected chi connectivity index (χ0v) is 43.8. The molecular formula is C50H78N8O14. The molecule has 0 unspecified atom stereocenters. The number of primary amides is 1. The molecule has 72 heavy (non-hydrogen) atoms. The highest BCUT2D eigenvalue weighted by atomic mass is 16.7. The summed E-state index contributed by atoms with van der Waals surface area (Å²) in [5, 5.41) is 11.3. The van der Waals surface area contributed by atoms with Crippen LogP contribution in [0.4, 0.5) is 15.3 Å². The van der Waals surface area contributed by atoms with Gasteiger partial charge >= 0.3 is 18.1 Å².